The number of benzene rings is 1. The Hall–Kier alpha value is -1.71. The fourth-order valence-electron chi connectivity index (χ4n) is 2.30. The Kier molecular flexibility index (Phi) is 3.69. The van der Waals surface area contributed by atoms with Gasteiger partial charge in [0.1, 0.15) is 11.5 Å². The molecule has 0 heterocycles. The summed E-state index contributed by atoms with van der Waals surface area (Å²) in [5.41, 5.74) is 0.554. The third-order valence-electron chi connectivity index (χ3n) is 4.17. The number of phenolic OH excluding ortho intramolecular Hbond substituents is 1. The molecule has 0 aromatic heterocycles. The lowest BCUT2D eigenvalue weighted by molar-refractivity contribution is 0.0937. The minimum absolute atomic E-state index is 0.0498. The zero-order chi connectivity index (χ0) is 14.0. The molecule has 0 aliphatic heterocycles. The average Bonchev–Trinajstić information content (AvgIpc) is 3.17. The van der Waals surface area contributed by atoms with E-state index in [9.17, 15) is 9.90 Å². The lowest BCUT2D eigenvalue weighted by Crippen LogP contribution is -2.32. The molecule has 0 bridgehead atoms. The van der Waals surface area contributed by atoms with Crippen molar-refractivity contribution in [2.75, 3.05) is 13.7 Å². The summed E-state index contributed by atoms with van der Waals surface area (Å²) in [7, 11) is 1.52. The van der Waals surface area contributed by atoms with Crippen LogP contribution in [0.5, 0.6) is 11.5 Å². The molecule has 0 saturated heterocycles. The quantitative estimate of drug-likeness (QED) is 0.858. The number of carbonyl (C=O) groups is 1. The lowest BCUT2D eigenvalue weighted by Gasteiger charge is -2.20. The van der Waals surface area contributed by atoms with E-state index in [0.29, 0.717) is 23.8 Å². The Morgan fingerprint density at radius 3 is 2.63 bits per heavy atom. The maximum Gasteiger partial charge on any atom is 0.255 e. The number of nitrogens with one attached hydrogen (secondary N) is 1. The summed E-state index contributed by atoms with van der Waals surface area (Å²) in [4.78, 5) is 12.1. The standard InChI is InChI=1S/C15H21NO3/c1-10(2)15(6-7-15)9-16-14(18)12-5-4-11(19-3)8-13(12)17/h4-5,8,10,17H,6-7,9H2,1-3H3,(H,16,18). The van der Waals surface area contributed by atoms with Gasteiger partial charge in [-0.1, -0.05) is 13.8 Å². The molecule has 4 nitrogen and oxygen atoms in total. The SMILES string of the molecule is COc1ccc(C(=O)NCC2(C(C)C)CC2)c(O)c1. The number of amides is 1. The predicted molar refractivity (Wildman–Crippen MR) is 73.5 cm³/mol. The van der Waals surface area contributed by atoms with Gasteiger partial charge in [-0.3, -0.25) is 4.79 Å². The third kappa shape index (κ3) is 2.83. The number of phenols is 1. The largest absolute Gasteiger partial charge is 0.507 e. The minimum atomic E-state index is -0.230. The van der Waals surface area contributed by atoms with Gasteiger partial charge in [-0.2, -0.15) is 0 Å². The lowest BCUT2D eigenvalue weighted by atomic mass is 9.92. The first-order valence-corrected chi connectivity index (χ1v) is 6.64. The van der Waals surface area contributed by atoms with Crippen molar-refractivity contribution < 1.29 is 14.6 Å². The molecule has 1 aromatic carbocycles. The molecule has 1 amide bonds. The normalized spacial score (nSPS) is 16.2. The van der Waals surface area contributed by atoms with Crippen LogP contribution in [0.1, 0.15) is 37.0 Å². The maximum absolute atomic E-state index is 12.1. The average molecular weight is 263 g/mol. The molecule has 1 fully saturated rings. The van der Waals surface area contributed by atoms with E-state index in [1.807, 2.05) is 0 Å². The Labute approximate surface area is 113 Å². The molecule has 0 radical (unpaired) electrons. The van der Waals surface area contributed by atoms with Crippen LogP contribution >= 0.6 is 0 Å². The molecule has 1 aliphatic carbocycles. The van der Waals surface area contributed by atoms with E-state index in [1.54, 1.807) is 12.1 Å². The number of hydrogen-bond acceptors (Lipinski definition) is 3. The summed E-state index contributed by atoms with van der Waals surface area (Å²) in [6, 6.07) is 4.70. The number of aromatic hydroxyl groups is 1. The number of hydrogen-bond donors (Lipinski definition) is 2. The first kappa shape index (κ1) is 13.7. The fraction of sp³-hybridized carbons (Fsp3) is 0.533. The van der Waals surface area contributed by atoms with Gasteiger partial charge in [-0.25, -0.2) is 0 Å². The van der Waals surface area contributed by atoms with Gasteiger partial charge in [-0.15, -0.1) is 0 Å². The van der Waals surface area contributed by atoms with Crippen molar-refractivity contribution in [3.8, 4) is 11.5 Å². The van der Waals surface area contributed by atoms with Gasteiger partial charge in [-0.05, 0) is 36.3 Å². The summed E-state index contributed by atoms with van der Waals surface area (Å²) in [5.74, 6) is 0.825. The molecular formula is C15H21NO3. The summed E-state index contributed by atoms with van der Waals surface area (Å²) >= 11 is 0. The zero-order valence-electron chi connectivity index (χ0n) is 11.7. The van der Waals surface area contributed by atoms with Gasteiger partial charge < -0.3 is 15.2 Å². The van der Waals surface area contributed by atoms with Crippen LogP contribution in [0.3, 0.4) is 0 Å². The van der Waals surface area contributed by atoms with E-state index in [4.69, 9.17) is 4.74 Å². The Balaban J connectivity index is 2.00. The fourth-order valence-corrected chi connectivity index (χ4v) is 2.30. The number of methoxy groups -OCH3 is 1. The summed E-state index contributed by atoms with van der Waals surface area (Å²) < 4.78 is 4.99. The van der Waals surface area contributed by atoms with E-state index in [2.05, 4.69) is 19.2 Å². The van der Waals surface area contributed by atoms with Gasteiger partial charge in [0, 0.05) is 12.6 Å². The van der Waals surface area contributed by atoms with Crippen molar-refractivity contribution in [3.63, 3.8) is 0 Å². The molecule has 1 saturated carbocycles. The third-order valence-corrected chi connectivity index (χ3v) is 4.17. The van der Waals surface area contributed by atoms with Crippen molar-refractivity contribution in [2.45, 2.75) is 26.7 Å². The van der Waals surface area contributed by atoms with Crippen molar-refractivity contribution in [2.24, 2.45) is 11.3 Å². The first-order chi connectivity index (χ1) is 8.98. The zero-order valence-corrected chi connectivity index (χ0v) is 11.7. The molecule has 0 unspecified atom stereocenters. The molecule has 0 spiro atoms. The van der Waals surface area contributed by atoms with Crippen molar-refractivity contribution in [1.82, 2.24) is 5.32 Å². The van der Waals surface area contributed by atoms with Gasteiger partial charge >= 0.3 is 0 Å². The van der Waals surface area contributed by atoms with E-state index in [-0.39, 0.29) is 17.1 Å². The highest BCUT2D eigenvalue weighted by atomic mass is 16.5. The predicted octanol–water partition coefficient (Wildman–Crippen LogP) is 2.57. The second kappa shape index (κ2) is 5.11. The highest BCUT2D eigenvalue weighted by Gasteiger charge is 2.45. The molecular weight excluding hydrogens is 242 g/mol. The van der Waals surface area contributed by atoms with Crippen LogP contribution in [0.25, 0.3) is 0 Å². The van der Waals surface area contributed by atoms with Gasteiger partial charge in [0.25, 0.3) is 5.91 Å². The summed E-state index contributed by atoms with van der Waals surface area (Å²) in [6.07, 6.45) is 2.33. The second-order valence-corrected chi connectivity index (χ2v) is 5.58. The smallest absolute Gasteiger partial charge is 0.255 e. The Morgan fingerprint density at radius 2 is 2.16 bits per heavy atom. The van der Waals surface area contributed by atoms with Crippen molar-refractivity contribution in [3.05, 3.63) is 23.8 Å². The van der Waals surface area contributed by atoms with Crippen LogP contribution < -0.4 is 10.1 Å². The summed E-state index contributed by atoms with van der Waals surface area (Å²) in [6.45, 7) is 5.04. The van der Waals surface area contributed by atoms with Gasteiger partial charge in [0.15, 0.2) is 0 Å². The number of ether oxygens (including phenoxy) is 1. The Morgan fingerprint density at radius 1 is 1.47 bits per heavy atom. The van der Waals surface area contributed by atoms with Crippen LogP contribution in [0, 0.1) is 11.3 Å². The van der Waals surface area contributed by atoms with E-state index in [1.165, 1.54) is 26.0 Å². The van der Waals surface area contributed by atoms with Crippen molar-refractivity contribution >= 4 is 5.91 Å². The molecule has 1 aromatic rings. The summed E-state index contributed by atoms with van der Waals surface area (Å²) in [5, 5.41) is 12.7. The molecule has 4 heteroatoms. The number of carbonyl (C=O) groups excluding carboxylic acids is 1. The van der Waals surface area contributed by atoms with Gasteiger partial charge in [0.05, 0.1) is 12.7 Å². The second-order valence-electron chi connectivity index (χ2n) is 5.58. The van der Waals surface area contributed by atoms with Crippen LogP contribution in [-0.2, 0) is 0 Å². The first-order valence-electron chi connectivity index (χ1n) is 6.64. The van der Waals surface area contributed by atoms with E-state index < -0.39 is 0 Å². The maximum atomic E-state index is 12.1. The van der Waals surface area contributed by atoms with E-state index in [0.717, 1.165) is 0 Å². The highest BCUT2D eigenvalue weighted by molar-refractivity contribution is 5.97. The molecule has 0 atom stereocenters. The monoisotopic (exact) mass is 263 g/mol. The number of rotatable bonds is 5. The molecule has 1 aliphatic rings. The Bertz CT molecular complexity index is 478. The topological polar surface area (TPSA) is 58.6 Å². The molecule has 19 heavy (non-hydrogen) atoms. The van der Waals surface area contributed by atoms with Crippen LogP contribution in [0.2, 0.25) is 0 Å². The highest BCUT2D eigenvalue weighted by Crippen LogP contribution is 2.51. The van der Waals surface area contributed by atoms with Crippen LogP contribution in [0.4, 0.5) is 0 Å². The van der Waals surface area contributed by atoms with Crippen LogP contribution in [-0.4, -0.2) is 24.7 Å². The minimum Gasteiger partial charge on any atom is -0.507 e. The van der Waals surface area contributed by atoms with Crippen LogP contribution in [0.15, 0.2) is 18.2 Å². The molecule has 104 valence electrons. The molecule has 2 rings (SSSR count). The van der Waals surface area contributed by atoms with E-state index >= 15 is 0 Å². The van der Waals surface area contributed by atoms with Gasteiger partial charge in [0.2, 0.25) is 0 Å². The molecule has 2 N–H and O–H groups in total. The van der Waals surface area contributed by atoms with Crippen molar-refractivity contribution in [1.29, 1.82) is 0 Å².